The fraction of sp³-hybridized carbons (Fsp3) is 0.190. The van der Waals surface area contributed by atoms with Crippen LogP contribution >= 0.6 is 11.3 Å². The first kappa shape index (κ1) is 17.8. The predicted octanol–water partition coefficient (Wildman–Crippen LogP) is 4.61. The van der Waals surface area contributed by atoms with Gasteiger partial charge in [-0.3, -0.25) is 9.69 Å². The SMILES string of the molecule is O=C(CN1CCc2sccc2[C@@H]1c1ccccc1)Nc1c(F)cccc1F. The molecule has 3 aromatic rings. The van der Waals surface area contributed by atoms with Crippen molar-refractivity contribution >= 4 is 22.9 Å². The molecular weight excluding hydrogens is 366 g/mol. The van der Waals surface area contributed by atoms with Crippen molar-refractivity contribution in [3.63, 3.8) is 0 Å². The molecule has 1 aromatic heterocycles. The van der Waals surface area contributed by atoms with E-state index in [9.17, 15) is 13.6 Å². The number of anilines is 1. The molecule has 0 saturated heterocycles. The first-order chi connectivity index (χ1) is 13.1. The van der Waals surface area contributed by atoms with E-state index < -0.39 is 23.2 Å². The number of amides is 1. The summed E-state index contributed by atoms with van der Waals surface area (Å²) in [4.78, 5) is 15.9. The van der Waals surface area contributed by atoms with Crippen LogP contribution in [0.2, 0.25) is 0 Å². The fourth-order valence-corrected chi connectivity index (χ4v) is 4.45. The third kappa shape index (κ3) is 3.63. The maximum Gasteiger partial charge on any atom is 0.238 e. The highest BCUT2D eigenvalue weighted by atomic mass is 32.1. The number of halogens is 2. The summed E-state index contributed by atoms with van der Waals surface area (Å²) in [5.41, 5.74) is 1.90. The van der Waals surface area contributed by atoms with Gasteiger partial charge in [0.15, 0.2) is 0 Å². The minimum Gasteiger partial charge on any atom is -0.320 e. The molecule has 0 bridgehead atoms. The van der Waals surface area contributed by atoms with Crippen LogP contribution in [0.15, 0.2) is 60.0 Å². The summed E-state index contributed by atoms with van der Waals surface area (Å²) in [5.74, 6) is -1.98. The normalized spacial score (nSPS) is 16.7. The number of thiophene rings is 1. The number of benzene rings is 2. The Morgan fingerprint density at radius 1 is 1.07 bits per heavy atom. The standard InChI is InChI=1S/C21H18F2N2OS/c22-16-7-4-8-17(23)20(16)24-19(26)13-25-11-9-18-15(10-12-27-18)21(25)14-5-2-1-3-6-14/h1-8,10,12,21H,9,11,13H2,(H,24,26)/t21-/m0/s1. The molecule has 0 spiro atoms. The molecule has 6 heteroatoms. The van der Waals surface area contributed by atoms with E-state index >= 15 is 0 Å². The number of rotatable bonds is 4. The van der Waals surface area contributed by atoms with E-state index in [1.807, 2.05) is 30.3 Å². The average molecular weight is 384 g/mol. The lowest BCUT2D eigenvalue weighted by Crippen LogP contribution is -2.40. The van der Waals surface area contributed by atoms with Gasteiger partial charge in [-0.05, 0) is 41.1 Å². The lowest BCUT2D eigenvalue weighted by Gasteiger charge is -2.35. The summed E-state index contributed by atoms with van der Waals surface area (Å²) in [6.07, 6.45) is 0.859. The molecule has 0 radical (unpaired) electrons. The van der Waals surface area contributed by atoms with E-state index in [-0.39, 0.29) is 12.6 Å². The van der Waals surface area contributed by atoms with Crippen molar-refractivity contribution in [2.45, 2.75) is 12.5 Å². The first-order valence-electron chi connectivity index (χ1n) is 8.72. The average Bonchev–Trinajstić information content (AvgIpc) is 3.14. The molecule has 3 nitrogen and oxygen atoms in total. The van der Waals surface area contributed by atoms with Crippen molar-refractivity contribution in [2.75, 3.05) is 18.4 Å². The lowest BCUT2D eigenvalue weighted by atomic mass is 9.93. The second-order valence-corrected chi connectivity index (χ2v) is 7.48. The molecule has 1 N–H and O–H groups in total. The highest BCUT2D eigenvalue weighted by Gasteiger charge is 2.31. The summed E-state index contributed by atoms with van der Waals surface area (Å²) in [7, 11) is 0. The largest absolute Gasteiger partial charge is 0.320 e. The van der Waals surface area contributed by atoms with Crippen LogP contribution in [0.25, 0.3) is 0 Å². The molecule has 0 saturated carbocycles. The number of fused-ring (bicyclic) bond motifs is 1. The van der Waals surface area contributed by atoms with E-state index in [1.165, 1.54) is 16.5 Å². The zero-order valence-electron chi connectivity index (χ0n) is 14.5. The number of hydrogen-bond donors (Lipinski definition) is 1. The molecule has 1 amide bonds. The maximum atomic E-state index is 13.8. The molecule has 0 aliphatic carbocycles. The molecule has 138 valence electrons. The van der Waals surface area contributed by atoms with Crippen molar-refractivity contribution in [1.82, 2.24) is 4.90 Å². The third-order valence-electron chi connectivity index (χ3n) is 4.75. The molecule has 1 atom stereocenters. The van der Waals surface area contributed by atoms with Crippen LogP contribution in [0.3, 0.4) is 0 Å². The Balaban J connectivity index is 1.58. The molecule has 27 heavy (non-hydrogen) atoms. The van der Waals surface area contributed by atoms with Crippen LogP contribution < -0.4 is 5.32 Å². The number of para-hydroxylation sites is 1. The molecule has 1 aliphatic heterocycles. The van der Waals surface area contributed by atoms with Gasteiger partial charge in [-0.1, -0.05) is 36.4 Å². The topological polar surface area (TPSA) is 32.3 Å². The Labute approximate surface area is 160 Å². The van der Waals surface area contributed by atoms with E-state index in [2.05, 4.69) is 21.7 Å². The highest BCUT2D eigenvalue weighted by Crippen LogP contribution is 2.37. The van der Waals surface area contributed by atoms with Gasteiger partial charge in [-0.25, -0.2) is 8.78 Å². The number of nitrogens with zero attached hydrogens (tertiary/aromatic N) is 1. The van der Waals surface area contributed by atoms with E-state index in [1.54, 1.807) is 11.3 Å². The minimum absolute atomic E-state index is 0.0441. The van der Waals surface area contributed by atoms with Gasteiger partial charge >= 0.3 is 0 Å². The van der Waals surface area contributed by atoms with Crippen LogP contribution in [-0.2, 0) is 11.2 Å². The fourth-order valence-electron chi connectivity index (χ4n) is 3.54. The molecule has 1 aliphatic rings. The lowest BCUT2D eigenvalue weighted by molar-refractivity contribution is -0.117. The minimum atomic E-state index is -0.776. The van der Waals surface area contributed by atoms with Gasteiger partial charge in [-0.15, -0.1) is 11.3 Å². The second kappa shape index (κ2) is 7.58. The van der Waals surface area contributed by atoms with Crippen molar-refractivity contribution in [2.24, 2.45) is 0 Å². The van der Waals surface area contributed by atoms with E-state index in [4.69, 9.17) is 0 Å². The van der Waals surface area contributed by atoms with E-state index in [0.29, 0.717) is 6.54 Å². The zero-order chi connectivity index (χ0) is 18.8. The van der Waals surface area contributed by atoms with Gasteiger partial charge in [0.1, 0.15) is 17.3 Å². The molecule has 0 fully saturated rings. The summed E-state index contributed by atoms with van der Waals surface area (Å²) in [5, 5.41) is 4.46. The zero-order valence-corrected chi connectivity index (χ0v) is 15.3. The number of nitrogens with one attached hydrogen (secondary N) is 1. The van der Waals surface area contributed by atoms with Gasteiger partial charge < -0.3 is 5.32 Å². The maximum absolute atomic E-state index is 13.8. The van der Waals surface area contributed by atoms with Gasteiger partial charge in [0, 0.05) is 11.4 Å². The Hall–Kier alpha value is -2.57. The smallest absolute Gasteiger partial charge is 0.238 e. The van der Waals surface area contributed by atoms with Crippen LogP contribution in [0.5, 0.6) is 0 Å². The molecular formula is C21H18F2N2OS. The third-order valence-corrected chi connectivity index (χ3v) is 5.75. The van der Waals surface area contributed by atoms with Gasteiger partial charge in [0.05, 0.1) is 12.6 Å². The summed E-state index contributed by atoms with van der Waals surface area (Å²) in [6.45, 7) is 0.767. The van der Waals surface area contributed by atoms with Gasteiger partial charge in [0.25, 0.3) is 0 Å². The highest BCUT2D eigenvalue weighted by molar-refractivity contribution is 7.10. The monoisotopic (exact) mass is 384 g/mol. The van der Waals surface area contributed by atoms with Crippen molar-refractivity contribution < 1.29 is 13.6 Å². The van der Waals surface area contributed by atoms with Crippen molar-refractivity contribution in [3.05, 3.63) is 87.6 Å². The van der Waals surface area contributed by atoms with Crippen molar-refractivity contribution in [3.8, 4) is 0 Å². The number of hydrogen-bond acceptors (Lipinski definition) is 3. The Morgan fingerprint density at radius 2 is 1.81 bits per heavy atom. The van der Waals surface area contributed by atoms with Gasteiger partial charge in [-0.2, -0.15) is 0 Å². The molecule has 0 unspecified atom stereocenters. The van der Waals surface area contributed by atoms with Crippen LogP contribution in [0.1, 0.15) is 22.0 Å². The van der Waals surface area contributed by atoms with Crippen LogP contribution in [-0.4, -0.2) is 23.9 Å². The summed E-state index contributed by atoms with van der Waals surface area (Å²) < 4.78 is 27.6. The Morgan fingerprint density at radius 3 is 2.56 bits per heavy atom. The van der Waals surface area contributed by atoms with E-state index in [0.717, 1.165) is 24.1 Å². The molecule has 2 aromatic carbocycles. The first-order valence-corrected chi connectivity index (χ1v) is 9.60. The molecule has 4 rings (SSSR count). The predicted molar refractivity (Wildman–Crippen MR) is 103 cm³/mol. The number of carbonyl (C=O) groups excluding carboxylic acids is 1. The Kier molecular flexibility index (Phi) is 5.01. The number of carbonyl (C=O) groups is 1. The quantitative estimate of drug-likeness (QED) is 0.712. The van der Waals surface area contributed by atoms with Crippen molar-refractivity contribution in [1.29, 1.82) is 0 Å². The second-order valence-electron chi connectivity index (χ2n) is 6.48. The molecule has 2 heterocycles. The van der Waals surface area contributed by atoms with Gasteiger partial charge in [0.2, 0.25) is 5.91 Å². The summed E-state index contributed by atoms with van der Waals surface area (Å²) >= 11 is 1.72. The van der Waals surface area contributed by atoms with Crippen LogP contribution in [0, 0.1) is 11.6 Å². The van der Waals surface area contributed by atoms with Crippen LogP contribution in [0.4, 0.5) is 14.5 Å². The summed E-state index contributed by atoms with van der Waals surface area (Å²) in [6, 6.07) is 15.6. The Bertz CT molecular complexity index is 938.